The Morgan fingerprint density at radius 3 is 2.80 bits per heavy atom. The smallest absolute Gasteiger partial charge is 0.411 e. The minimum atomic E-state index is -0.663. The standard InChI is InChI=1S/C26H31N5O4/c1-26(2,3)35-25(33)31-15-16-14-21(31)24(32)27-13-7-11-20-23-17(8-5-10-19(23)29-30(20)4)18-9-6-12-22(28-18)34-16/h5-6,8-10,12,16,21H,7,11,13-15H2,1-4H3,(H,27,32)/t16-,21-/m0/s1. The van der Waals surface area contributed by atoms with Gasteiger partial charge in [-0.05, 0) is 45.7 Å². The molecule has 1 saturated heterocycles. The van der Waals surface area contributed by atoms with Crippen LogP contribution in [0.15, 0.2) is 36.4 Å². The molecule has 2 aliphatic rings. The molecule has 4 heterocycles. The molecule has 2 atom stereocenters. The first kappa shape index (κ1) is 23.1. The van der Waals surface area contributed by atoms with Gasteiger partial charge in [-0.3, -0.25) is 14.4 Å². The summed E-state index contributed by atoms with van der Waals surface area (Å²) in [5.74, 6) is 0.254. The van der Waals surface area contributed by atoms with Crippen LogP contribution in [0.4, 0.5) is 4.79 Å². The van der Waals surface area contributed by atoms with Crippen molar-refractivity contribution in [2.45, 2.75) is 57.8 Å². The second kappa shape index (κ2) is 8.87. The molecule has 0 unspecified atom stereocenters. The lowest BCUT2D eigenvalue weighted by Gasteiger charge is -2.27. The van der Waals surface area contributed by atoms with Crippen LogP contribution in [0.2, 0.25) is 0 Å². The van der Waals surface area contributed by atoms with Crippen LogP contribution in [0.5, 0.6) is 5.88 Å². The van der Waals surface area contributed by atoms with Crippen LogP contribution in [0.1, 0.15) is 39.3 Å². The Labute approximate surface area is 204 Å². The summed E-state index contributed by atoms with van der Waals surface area (Å²) in [4.78, 5) is 32.3. The van der Waals surface area contributed by atoms with Gasteiger partial charge in [-0.15, -0.1) is 0 Å². The second-order valence-corrected chi connectivity index (χ2v) is 10.1. The van der Waals surface area contributed by atoms with Gasteiger partial charge in [0.05, 0.1) is 17.8 Å². The van der Waals surface area contributed by atoms with Gasteiger partial charge in [0, 0.05) is 42.7 Å². The van der Waals surface area contributed by atoms with E-state index >= 15 is 0 Å². The molecular weight excluding hydrogens is 446 g/mol. The molecule has 9 heteroatoms. The number of hydrogen-bond acceptors (Lipinski definition) is 6. The average Bonchev–Trinajstić information content (AvgIpc) is 3.35. The number of ether oxygens (including phenoxy) is 2. The number of rotatable bonds is 0. The van der Waals surface area contributed by atoms with Crippen molar-refractivity contribution in [3.63, 3.8) is 0 Å². The summed E-state index contributed by atoms with van der Waals surface area (Å²) in [6.07, 6.45) is 0.954. The highest BCUT2D eigenvalue weighted by Crippen LogP contribution is 2.32. The van der Waals surface area contributed by atoms with Gasteiger partial charge in [-0.25, -0.2) is 9.78 Å². The van der Waals surface area contributed by atoms with Gasteiger partial charge in [0.1, 0.15) is 17.7 Å². The Balaban J connectivity index is 1.52. The number of likely N-dealkylation sites (tertiary alicyclic amines) is 1. The van der Waals surface area contributed by atoms with Crippen molar-refractivity contribution in [3.8, 4) is 17.1 Å². The third-order valence-electron chi connectivity index (χ3n) is 6.35. The van der Waals surface area contributed by atoms with E-state index in [1.807, 2.05) is 56.8 Å². The SMILES string of the molecule is Cn1nc2cccc3c2c1CCCNC(=O)[C@@H]1C[C@@H](CN1C(=O)OC(C)(C)C)Oc1cccc-3n1. The molecule has 0 saturated carbocycles. The quantitative estimate of drug-likeness (QED) is 0.533. The van der Waals surface area contributed by atoms with E-state index in [0.717, 1.165) is 40.7 Å². The maximum Gasteiger partial charge on any atom is 0.411 e. The van der Waals surface area contributed by atoms with E-state index in [9.17, 15) is 9.59 Å². The molecule has 4 bridgehead atoms. The molecule has 2 amide bonds. The van der Waals surface area contributed by atoms with E-state index in [1.54, 1.807) is 6.07 Å². The number of nitrogens with zero attached hydrogens (tertiary/aromatic N) is 4. The zero-order chi connectivity index (χ0) is 24.7. The second-order valence-electron chi connectivity index (χ2n) is 10.1. The first-order valence-corrected chi connectivity index (χ1v) is 12.1. The minimum absolute atomic E-state index is 0.200. The van der Waals surface area contributed by atoms with Crippen molar-refractivity contribution in [1.29, 1.82) is 0 Å². The molecule has 184 valence electrons. The maximum absolute atomic E-state index is 13.1. The summed E-state index contributed by atoms with van der Waals surface area (Å²) in [6.45, 7) is 6.17. The van der Waals surface area contributed by atoms with E-state index in [-0.39, 0.29) is 18.6 Å². The molecule has 3 aromatic rings. The monoisotopic (exact) mass is 477 g/mol. The molecule has 0 radical (unpaired) electrons. The zero-order valence-corrected chi connectivity index (χ0v) is 20.6. The van der Waals surface area contributed by atoms with Gasteiger partial charge < -0.3 is 14.8 Å². The molecule has 2 aliphatic heterocycles. The fraction of sp³-hybridized carbons (Fsp3) is 0.462. The molecule has 0 aliphatic carbocycles. The zero-order valence-electron chi connectivity index (χ0n) is 20.6. The first-order valence-electron chi connectivity index (χ1n) is 12.1. The minimum Gasteiger partial charge on any atom is -0.472 e. The van der Waals surface area contributed by atoms with E-state index in [4.69, 9.17) is 14.5 Å². The molecule has 1 N–H and O–H groups in total. The number of benzene rings is 1. The normalized spacial score (nSPS) is 20.6. The highest BCUT2D eigenvalue weighted by atomic mass is 16.6. The lowest BCUT2D eigenvalue weighted by molar-refractivity contribution is -0.125. The Hall–Kier alpha value is -3.62. The van der Waals surface area contributed by atoms with Gasteiger partial charge in [0.2, 0.25) is 11.8 Å². The van der Waals surface area contributed by atoms with Crippen LogP contribution < -0.4 is 10.1 Å². The number of amides is 2. The van der Waals surface area contributed by atoms with Crippen LogP contribution in [0.3, 0.4) is 0 Å². The van der Waals surface area contributed by atoms with Crippen molar-refractivity contribution < 1.29 is 19.1 Å². The number of aryl methyl sites for hydroxylation is 2. The molecule has 2 aromatic heterocycles. The van der Waals surface area contributed by atoms with Crippen LogP contribution in [0, 0.1) is 0 Å². The Morgan fingerprint density at radius 1 is 1.20 bits per heavy atom. The fourth-order valence-corrected chi connectivity index (χ4v) is 4.85. The Kier molecular flexibility index (Phi) is 5.86. The molecule has 35 heavy (non-hydrogen) atoms. The summed E-state index contributed by atoms with van der Waals surface area (Å²) >= 11 is 0. The van der Waals surface area contributed by atoms with E-state index in [0.29, 0.717) is 18.8 Å². The first-order chi connectivity index (χ1) is 16.7. The number of carbonyl (C=O) groups excluding carboxylic acids is 2. The molecule has 1 aromatic carbocycles. The Morgan fingerprint density at radius 2 is 2.00 bits per heavy atom. The number of nitrogens with one attached hydrogen (secondary N) is 1. The molecular formula is C26H31N5O4. The lowest BCUT2D eigenvalue weighted by atomic mass is 10.0. The predicted octanol–water partition coefficient (Wildman–Crippen LogP) is 3.45. The summed E-state index contributed by atoms with van der Waals surface area (Å²) in [5, 5.41) is 8.77. The molecule has 1 fully saturated rings. The van der Waals surface area contributed by atoms with E-state index < -0.39 is 17.7 Å². The third kappa shape index (κ3) is 4.67. The van der Waals surface area contributed by atoms with Gasteiger partial charge in [0.15, 0.2) is 0 Å². The highest BCUT2D eigenvalue weighted by molar-refractivity contribution is 5.96. The average molecular weight is 478 g/mol. The fourth-order valence-electron chi connectivity index (χ4n) is 4.85. The molecule has 5 rings (SSSR count). The molecule has 9 nitrogen and oxygen atoms in total. The van der Waals surface area contributed by atoms with E-state index in [1.165, 1.54) is 4.90 Å². The van der Waals surface area contributed by atoms with E-state index in [2.05, 4.69) is 16.5 Å². The van der Waals surface area contributed by atoms with Crippen molar-refractivity contribution in [2.75, 3.05) is 13.1 Å². The number of fused-ring (bicyclic) bond motifs is 5. The highest BCUT2D eigenvalue weighted by Gasteiger charge is 2.42. The van der Waals surface area contributed by atoms with Crippen LogP contribution in [0.25, 0.3) is 22.2 Å². The lowest BCUT2D eigenvalue weighted by Crippen LogP contribution is -2.47. The summed E-state index contributed by atoms with van der Waals surface area (Å²) in [7, 11) is 1.94. The number of aromatic nitrogens is 3. The largest absolute Gasteiger partial charge is 0.472 e. The maximum atomic E-state index is 13.1. The summed E-state index contributed by atoms with van der Waals surface area (Å²) < 4.78 is 13.7. The van der Waals surface area contributed by atoms with Gasteiger partial charge in [-0.1, -0.05) is 18.2 Å². The van der Waals surface area contributed by atoms with Crippen LogP contribution >= 0.6 is 0 Å². The van der Waals surface area contributed by atoms with Crippen molar-refractivity contribution >= 4 is 22.9 Å². The number of carbonyl (C=O) groups is 2. The van der Waals surface area contributed by atoms with Crippen molar-refractivity contribution in [3.05, 3.63) is 42.1 Å². The topological polar surface area (TPSA) is 98.6 Å². The van der Waals surface area contributed by atoms with Crippen molar-refractivity contribution in [1.82, 2.24) is 25.0 Å². The van der Waals surface area contributed by atoms with Crippen LogP contribution in [-0.4, -0.2) is 62.5 Å². The predicted molar refractivity (Wildman–Crippen MR) is 131 cm³/mol. The van der Waals surface area contributed by atoms with Gasteiger partial charge >= 0.3 is 6.09 Å². The third-order valence-corrected chi connectivity index (χ3v) is 6.35. The van der Waals surface area contributed by atoms with Crippen molar-refractivity contribution in [2.24, 2.45) is 7.05 Å². The van der Waals surface area contributed by atoms with Gasteiger partial charge in [-0.2, -0.15) is 5.10 Å². The summed E-state index contributed by atoms with van der Waals surface area (Å²) in [6, 6.07) is 11.1. The molecule has 0 spiro atoms. The summed E-state index contributed by atoms with van der Waals surface area (Å²) in [5.41, 5.74) is 3.13. The van der Waals surface area contributed by atoms with Gasteiger partial charge in [0.25, 0.3) is 0 Å². The number of hydrogen-bond donors (Lipinski definition) is 1. The number of pyridine rings is 1. The Bertz CT molecular complexity index is 1280. The van der Waals surface area contributed by atoms with Crippen LogP contribution in [-0.2, 0) is 23.0 Å².